The zero-order chi connectivity index (χ0) is 14.5. The smallest absolute Gasteiger partial charge is 0.327 e. The highest BCUT2D eigenvalue weighted by Crippen LogP contribution is 2.39. The van der Waals surface area contributed by atoms with Crippen LogP contribution in [0, 0.1) is 0 Å². The van der Waals surface area contributed by atoms with Crippen molar-refractivity contribution in [2.75, 3.05) is 13.3 Å². The summed E-state index contributed by atoms with van der Waals surface area (Å²) in [7, 11) is 0. The maximum atomic E-state index is 12.0. The number of hydrogen-bond acceptors (Lipinski definition) is 7. The van der Waals surface area contributed by atoms with Gasteiger partial charge in [0.1, 0.15) is 25.0 Å². The van der Waals surface area contributed by atoms with Gasteiger partial charge in [0, 0.05) is 0 Å². The van der Waals surface area contributed by atoms with Crippen LogP contribution >= 0.6 is 0 Å². The average Bonchev–Trinajstić information content (AvgIpc) is 2.83. The summed E-state index contributed by atoms with van der Waals surface area (Å²) in [6.07, 6.45) is -2.10. The second-order valence-corrected chi connectivity index (χ2v) is 5.40. The van der Waals surface area contributed by atoms with E-state index in [9.17, 15) is 9.90 Å². The Labute approximate surface area is 115 Å². The number of fused-ring (bicyclic) bond motifs is 1. The molecular weight excluding hydrogens is 268 g/mol. The van der Waals surface area contributed by atoms with Crippen molar-refractivity contribution >= 4 is 12.0 Å². The second kappa shape index (κ2) is 4.55. The first kappa shape index (κ1) is 13.6. The molecule has 4 atom stereocenters. The Kier molecular flexibility index (Phi) is 3.09. The summed E-state index contributed by atoms with van der Waals surface area (Å²) in [5.74, 6) is -0.706. The first-order valence-electron chi connectivity index (χ1n) is 6.41. The molecule has 0 saturated carbocycles. The van der Waals surface area contributed by atoms with Gasteiger partial charge in [-0.1, -0.05) is 0 Å². The first-order valence-corrected chi connectivity index (χ1v) is 6.41. The fourth-order valence-electron chi connectivity index (χ4n) is 2.69. The summed E-state index contributed by atoms with van der Waals surface area (Å²) in [5.41, 5.74) is 5.44. The van der Waals surface area contributed by atoms with Crippen molar-refractivity contribution in [3.8, 4) is 0 Å². The topological polar surface area (TPSA) is 119 Å². The standard InChI is InChI=1S/C11H18N4O5/c1-11(2)19-6-5(3-16)18-8(7(6)20-11)15-4-13-9(12)14-10(15)17/h5-8,16H,3-4H2,1-2H3,(H3,12,13,14,17)/t5-,6+,7-,8+/m1/s1. The molecule has 3 aliphatic rings. The van der Waals surface area contributed by atoms with E-state index >= 15 is 0 Å². The van der Waals surface area contributed by atoms with Crippen LogP contribution in [0.2, 0.25) is 0 Å². The monoisotopic (exact) mass is 286 g/mol. The van der Waals surface area contributed by atoms with Gasteiger partial charge in [-0.15, -0.1) is 0 Å². The van der Waals surface area contributed by atoms with Gasteiger partial charge in [-0.05, 0) is 13.8 Å². The quantitative estimate of drug-likeness (QED) is 0.570. The lowest BCUT2D eigenvalue weighted by atomic mass is 10.1. The van der Waals surface area contributed by atoms with Crippen LogP contribution in [0.5, 0.6) is 0 Å². The van der Waals surface area contributed by atoms with Crippen LogP contribution in [0.4, 0.5) is 4.79 Å². The lowest BCUT2D eigenvalue weighted by Gasteiger charge is -2.33. The summed E-state index contributed by atoms with van der Waals surface area (Å²) < 4.78 is 17.2. The van der Waals surface area contributed by atoms with Gasteiger partial charge in [0.15, 0.2) is 18.0 Å². The molecule has 2 saturated heterocycles. The molecule has 0 radical (unpaired) electrons. The zero-order valence-electron chi connectivity index (χ0n) is 11.3. The van der Waals surface area contributed by atoms with Crippen molar-refractivity contribution in [2.24, 2.45) is 10.7 Å². The summed E-state index contributed by atoms with van der Waals surface area (Å²) in [4.78, 5) is 17.3. The number of nitrogens with one attached hydrogen (secondary N) is 1. The summed E-state index contributed by atoms with van der Waals surface area (Å²) >= 11 is 0. The van der Waals surface area contributed by atoms with E-state index in [1.54, 1.807) is 13.8 Å². The molecule has 112 valence electrons. The molecule has 0 unspecified atom stereocenters. The number of carbonyl (C=O) groups is 1. The third-order valence-electron chi connectivity index (χ3n) is 3.50. The predicted octanol–water partition coefficient (Wildman–Crippen LogP) is -1.48. The van der Waals surface area contributed by atoms with Crippen molar-refractivity contribution in [2.45, 2.75) is 44.2 Å². The maximum Gasteiger partial charge on any atom is 0.327 e. The SMILES string of the molecule is CC1(C)O[C@@H]2[C@@H](O1)[C@@H](N1CN=C(N)NC1=O)O[C@@H]2CO. The minimum atomic E-state index is -0.778. The third kappa shape index (κ3) is 2.12. The van der Waals surface area contributed by atoms with E-state index < -0.39 is 36.4 Å². The highest BCUT2D eigenvalue weighted by molar-refractivity contribution is 5.96. The molecule has 9 heteroatoms. The lowest BCUT2D eigenvalue weighted by molar-refractivity contribution is -0.204. The van der Waals surface area contributed by atoms with E-state index in [4.69, 9.17) is 19.9 Å². The van der Waals surface area contributed by atoms with Gasteiger partial charge in [0.05, 0.1) is 6.61 Å². The second-order valence-electron chi connectivity index (χ2n) is 5.40. The van der Waals surface area contributed by atoms with Crippen molar-refractivity contribution in [3.63, 3.8) is 0 Å². The number of ether oxygens (including phenoxy) is 3. The van der Waals surface area contributed by atoms with E-state index in [-0.39, 0.29) is 19.2 Å². The molecule has 9 nitrogen and oxygen atoms in total. The molecule has 0 bridgehead atoms. The largest absolute Gasteiger partial charge is 0.394 e. The Morgan fingerprint density at radius 2 is 2.20 bits per heavy atom. The number of aliphatic hydroxyl groups excluding tert-OH is 1. The summed E-state index contributed by atoms with van der Waals surface area (Å²) in [6, 6.07) is -0.409. The molecule has 3 heterocycles. The molecule has 4 N–H and O–H groups in total. The third-order valence-corrected chi connectivity index (χ3v) is 3.50. The molecule has 3 aliphatic heterocycles. The van der Waals surface area contributed by atoms with Gasteiger partial charge in [-0.3, -0.25) is 10.2 Å². The molecule has 2 fully saturated rings. The van der Waals surface area contributed by atoms with Crippen molar-refractivity contribution < 1.29 is 24.1 Å². The van der Waals surface area contributed by atoms with Gasteiger partial charge >= 0.3 is 6.03 Å². The first-order chi connectivity index (χ1) is 9.41. The van der Waals surface area contributed by atoms with Crippen LogP contribution in [-0.4, -0.2) is 65.6 Å². The van der Waals surface area contributed by atoms with Gasteiger partial charge in [-0.25, -0.2) is 9.79 Å². The normalized spacial score (nSPS) is 39.5. The maximum absolute atomic E-state index is 12.0. The Morgan fingerprint density at radius 3 is 2.85 bits per heavy atom. The van der Waals surface area contributed by atoms with E-state index in [1.807, 2.05) is 0 Å². The number of aliphatic hydroxyl groups is 1. The summed E-state index contributed by atoms with van der Waals surface area (Å²) in [6.45, 7) is 3.43. The van der Waals surface area contributed by atoms with Gasteiger partial charge in [0.25, 0.3) is 0 Å². The highest BCUT2D eigenvalue weighted by atomic mass is 16.8. The number of nitrogens with two attached hydrogens (primary N) is 1. The predicted molar refractivity (Wildman–Crippen MR) is 66.4 cm³/mol. The van der Waals surface area contributed by atoms with Crippen LogP contribution < -0.4 is 11.1 Å². The average molecular weight is 286 g/mol. The lowest BCUT2D eigenvalue weighted by Crippen LogP contribution is -2.57. The Morgan fingerprint density at radius 1 is 1.50 bits per heavy atom. The number of nitrogens with zero attached hydrogens (tertiary/aromatic N) is 2. The van der Waals surface area contributed by atoms with E-state index in [0.29, 0.717) is 0 Å². The van der Waals surface area contributed by atoms with Crippen LogP contribution in [-0.2, 0) is 14.2 Å². The van der Waals surface area contributed by atoms with E-state index in [1.165, 1.54) is 4.90 Å². The number of amides is 2. The number of carbonyl (C=O) groups excluding carboxylic acids is 1. The van der Waals surface area contributed by atoms with Crippen LogP contribution in [0.3, 0.4) is 0 Å². The van der Waals surface area contributed by atoms with E-state index in [2.05, 4.69) is 10.3 Å². The van der Waals surface area contributed by atoms with Gasteiger partial charge < -0.3 is 25.1 Å². The fourth-order valence-corrected chi connectivity index (χ4v) is 2.69. The van der Waals surface area contributed by atoms with Crippen molar-refractivity contribution in [3.05, 3.63) is 0 Å². The molecule has 0 aromatic heterocycles. The Hall–Kier alpha value is -1.42. The van der Waals surface area contributed by atoms with Crippen LogP contribution in [0.15, 0.2) is 4.99 Å². The number of guanidine groups is 1. The van der Waals surface area contributed by atoms with Gasteiger partial charge in [0.2, 0.25) is 0 Å². The van der Waals surface area contributed by atoms with Gasteiger partial charge in [-0.2, -0.15) is 0 Å². The van der Waals surface area contributed by atoms with E-state index in [0.717, 1.165) is 0 Å². The number of hydrogen-bond donors (Lipinski definition) is 3. The number of rotatable bonds is 2. The minimum Gasteiger partial charge on any atom is -0.394 e. The molecule has 0 aromatic carbocycles. The number of aliphatic imine (C=N–C) groups is 1. The van der Waals surface area contributed by atoms with Crippen molar-refractivity contribution in [1.29, 1.82) is 0 Å². The molecule has 2 amide bonds. The van der Waals surface area contributed by atoms with Crippen molar-refractivity contribution in [1.82, 2.24) is 10.2 Å². The van der Waals surface area contributed by atoms with Crippen LogP contribution in [0.1, 0.15) is 13.8 Å². The van der Waals surface area contributed by atoms with Crippen LogP contribution in [0.25, 0.3) is 0 Å². The minimum absolute atomic E-state index is 0.0726. The zero-order valence-corrected chi connectivity index (χ0v) is 11.3. The Bertz CT molecular complexity index is 454. The fraction of sp³-hybridized carbons (Fsp3) is 0.818. The molecular formula is C11H18N4O5. The molecule has 3 rings (SSSR count). The molecule has 0 spiro atoms. The highest BCUT2D eigenvalue weighted by Gasteiger charge is 2.57. The Balaban J connectivity index is 1.82. The molecule has 0 aromatic rings. The molecule has 20 heavy (non-hydrogen) atoms. The number of urea groups is 1. The summed E-state index contributed by atoms with van der Waals surface area (Å²) in [5, 5.41) is 11.8. The molecule has 0 aliphatic carbocycles.